The number of hydrogen-bond acceptors (Lipinski definition) is 2. The first-order chi connectivity index (χ1) is 8.22. The molecule has 0 aliphatic heterocycles. The number of anilines is 2. The molecule has 0 aliphatic carbocycles. The zero-order valence-electron chi connectivity index (χ0n) is 9.39. The maximum absolute atomic E-state index is 9.14. The van der Waals surface area contributed by atoms with Crippen LogP contribution in [0.25, 0.3) is 0 Å². The molecular weight excluding hydrogens is 276 g/mol. The Morgan fingerprint density at radius 3 is 2.47 bits per heavy atom. The second-order valence-corrected chi connectivity index (χ2v) is 4.58. The predicted molar refractivity (Wildman–Crippen MR) is 73.4 cm³/mol. The van der Waals surface area contributed by atoms with Gasteiger partial charge in [-0.15, -0.1) is 0 Å². The third kappa shape index (κ3) is 2.48. The molecule has 3 heteroatoms. The summed E-state index contributed by atoms with van der Waals surface area (Å²) >= 11 is 3.37. The fourth-order valence-corrected chi connectivity index (χ4v) is 2.04. The minimum absolute atomic E-state index is 0.658. The van der Waals surface area contributed by atoms with E-state index >= 15 is 0 Å². The molecule has 17 heavy (non-hydrogen) atoms. The van der Waals surface area contributed by atoms with Gasteiger partial charge in [0.1, 0.15) is 6.07 Å². The highest BCUT2D eigenvalue weighted by molar-refractivity contribution is 9.10. The van der Waals surface area contributed by atoms with Crippen LogP contribution in [-0.4, -0.2) is 7.05 Å². The van der Waals surface area contributed by atoms with Crippen molar-refractivity contribution in [3.63, 3.8) is 0 Å². The van der Waals surface area contributed by atoms with Crippen molar-refractivity contribution in [2.24, 2.45) is 0 Å². The van der Waals surface area contributed by atoms with Gasteiger partial charge in [-0.3, -0.25) is 0 Å². The minimum Gasteiger partial charge on any atom is -0.344 e. The van der Waals surface area contributed by atoms with Crippen LogP contribution >= 0.6 is 15.9 Å². The summed E-state index contributed by atoms with van der Waals surface area (Å²) in [5.74, 6) is 0. The smallest absolute Gasteiger partial charge is 0.101 e. The zero-order valence-corrected chi connectivity index (χ0v) is 11.0. The first kappa shape index (κ1) is 11.7. The van der Waals surface area contributed by atoms with E-state index < -0.39 is 0 Å². The molecule has 2 aromatic carbocycles. The average molecular weight is 287 g/mol. The highest BCUT2D eigenvalue weighted by Crippen LogP contribution is 2.28. The minimum atomic E-state index is 0.658. The first-order valence-corrected chi connectivity index (χ1v) is 6.00. The Balaban J connectivity index is 2.45. The number of nitriles is 1. The molecule has 2 aromatic rings. The number of halogens is 1. The monoisotopic (exact) mass is 286 g/mol. The molecular formula is C14H11BrN2. The molecule has 0 aliphatic rings. The van der Waals surface area contributed by atoms with Crippen LogP contribution in [0.15, 0.2) is 53.0 Å². The van der Waals surface area contributed by atoms with E-state index in [-0.39, 0.29) is 0 Å². The Morgan fingerprint density at radius 2 is 1.82 bits per heavy atom. The van der Waals surface area contributed by atoms with Crippen molar-refractivity contribution < 1.29 is 0 Å². The predicted octanol–water partition coefficient (Wildman–Crippen LogP) is 4.09. The molecule has 0 atom stereocenters. The Kier molecular flexibility index (Phi) is 3.46. The van der Waals surface area contributed by atoms with Crippen LogP contribution in [0.4, 0.5) is 11.4 Å². The van der Waals surface area contributed by atoms with Gasteiger partial charge in [0.15, 0.2) is 0 Å². The third-order valence-electron chi connectivity index (χ3n) is 2.58. The summed E-state index contributed by atoms with van der Waals surface area (Å²) in [5, 5.41) is 9.14. The number of rotatable bonds is 2. The van der Waals surface area contributed by atoms with Crippen molar-refractivity contribution in [1.82, 2.24) is 0 Å². The van der Waals surface area contributed by atoms with Crippen LogP contribution < -0.4 is 4.90 Å². The lowest BCUT2D eigenvalue weighted by molar-refractivity contribution is 1.20. The quantitative estimate of drug-likeness (QED) is 0.831. The van der Waals surface area contributed by atoms with Gasteiger partial charge in [-0.1, -0.05) is 34.1 Å². The lowest BCUT2D eigenvalue weighted by Crippen LogP contribution is -2.10. The van der Waals surface area contributed by atoms with Gasteiger partial charge in [-0.05, 0) is 30.3 Å². The Hall–Kier alpha value is -1.79. The Labute approximate surface area is 109 Å². The van der Waals surface area contributed by atoms with E-state index in [0.717, 1.165) is 15.8 Å². The number of benzene rings is 2. The second-order valence-electron chi connectivity index (χ2n) is 3.67. The molecule has 0 amide bonds. The molecule has 0 saturated carbocycles. The maximum atomic E-state index is 9.14. The normalized spacial score (nSPS) is 9.71. The molecule has 84 valence electrons. The van der Waals surface area contributed by atoms with Crippen LogP contribution in [0.1, 0.15) is 5.56 Å². The van der Waals surface area contributed by atoms with E-state index in [2.05, 4.69) is 22.0 Å². The third-order valence-corrected chi connectivity index (χ3v) is 3.08. The van der Waals surface area contributed by atoms with Crippen molar-refractivity contribution in [2.75, 3.05) is 11.9 Å². The first-order valence-electron chi connectivity index (χ1n) is 5.21. The lowest BCUT2D eigenvalue weighted by Gasteiger charge is -2.20. The van der Waals surface area contributed by atoms with Crippen molar-refractivity contribution in [3.8, 4) is 6.07 Å². The van der Waals surface area contributed by atoms with Gasteiger partial charge >= 0.3 is 0 Å². The molecule has 0 spiro atoms. The molecule has 0 unspecified atom stereocenters. The fourth-order valence-electron chi connectivity index (χ4n) is 1.68. The molecule has 0 aromatic heterocycles. The molecule has 2 rings (SSSR count). The summed E-state index contributed by atoms with van der Waals surface area (Å²) in [6, 6.07) is 17.9. The summed E-state index contributed by atoms with van der Waals surface area (Å²) in [4.78, 5) is 2.00. The molecule has 2 nitrogen and oxygen atoms in total. The lowest BCUT2D eigenvalue weighted by atomic mass is 10.1. The fraction of sp³-hybridized carbons (Fsp3) is 0.0714. The van der Waals surface area contributed by atoms with Crippen LogP contribution in [0.2, 0.25) is 0 Å². The molecule has 0 bridgehead atoms. The largest absolute Gasteiger partial charge is 0.344 e. The second kappa shape index (κ2) is 5.03. The van der Waals surface area contributed by atoms with Gasteiger partial charge in [0.05, 0.1) is 11.3 Å². The topological polar surface area (TPSA) is 27.0 Å². The van der Waals surface area contributed by atoms with E-state index in [0.29, 0.717) is 5.56 Å². The standard InChI is InChI=1S/C14H11BrN2/c1-17(13-5-3-2-4-6-13)14-8-7-12(15)9-11(14)10-16/h2-9H,1H3. The van der Waals surface area contributed by atoms with Gasteiger partial charge in [0.25, 0.3) is 0 Å². The maximum Gasteiger partial charge on any atom is 0.101 e. The number of hydrogen-bond donors (Lipinski definition) is 0. The highest BCUT2D eigenvalue weighted by atomic mass is 79.9. The summed E-state index contributed by atoms with van der Waals surface area (Å²) in [7, 11) is 1.96. The summed E-state index contributed by atoms with van der Waals surface area (Å²) in [6.45, 7) is 0. The molecule has 0 heterocycles. The van der Waals surface area contributed by atoms with Gasteiger partial charge < -0.3 is 4.90 Å². The van der Waals surface area contributed by atoms with Crippen LogP contribution in [-0.2, 0) is 0 Å². The number of para-hydroxylation sites is 1. The van der Waals surface area contributed by atoms with Gasteiger partial charge in [-0.2, -0.15) is 5.26 Å². The van der Waals surface area contributed by atoms with Gasteiger partial charge in [0.2, 0.25) is 0 Å². The SMILES string of the molecule is CN(c1ccccc1)c1ccc(Br)cc1C#N. The summed E-state index contributed by atoms with van der Waals surface area (Å²) < 4.78 is 0.916. The molecule has 0 fully saturated rings. The summed E-state index contributed by atoms with van der Waals surface area (Å²) in [5.41, 5.74) is 2.62. The van der Waals surface area contributed by atoms with E-state index in [1.54, 1.807) is 0 Å². The highest BCUT2D eigenvalue weighted by Gasteiger charge is 2.08. The Bertz CT molecular complexity index is 558. The van der Waals surface area contributed by atoms with Crippen molar-refractivity contribution in [2.45, 2.75) is 0 Å². The zero-order chi connectivity index (χ0) is 12.3. The molecule has 0 N–H and O–H groups in total. The Morgan fingerprint density at radius 1 is 1.12 bits per heavy atom. The van der Waals surface area contributed by atoms with E-state index in [1.165, 1.54) is 0 Å². The van der Waals surface area contributed by atoms with Crippen LogP contribution in [0.3, 0.4) is 0 Å². The molecule has 0 radical (unpaired) electrons. The summed E-state index contributed by atoms with van der Waals surface area (Å²) in [6.07, 6.45) is 0. The van der Waals surface area contributed by atoms with Crippen LogP contribution in [0.5, 0.6) is 0 Å². The van der Waals surface area contributed by atoms with Crippen molar-refractivity contribution >= 4 is 27.3 Å². The van der Waals surface area contributed by atoms with Crippen molar-refractivity contribution in [1.29, 1.82) is 5.26 Å². The van der Waals surface area contributed by atoms with E-state index in [9.17, 15) is 0 Å². The van der Waals surface area contributed by atoms with Gasteiger partial charge in [0, 0.05) is 17.2 Å². The van der Waals surface area contributed by atoms with Crippen LogP contribution in [0, 0.1) is 11.3 Å². The van der Waals surface area contributed by atoms with E-state index in [4.69, 9.17) is 5.26 Å². The molecule has 0 saturated heterocycles. The van der Waals surface area contributed by atoms with Crippen molar-refractivity contribution in [3.05, 3.63) is 58.6 Å². The van der Waals surface area contributed by atoms with E-state index in [1.807, 2.05) is 60.5 Å². The number of nitrogens with zero attached hydrogens (tertiary/aromatic N) is 2. The average Bonchev–Trinajstić information content (AvgIpc) is 2.39. The van der Waals surface area contributed by atoms with Gasteiger partial charge in [-0.25, -0.2) is 0 Å².